The summed E-state index contributed by atoms with van der Waals surface area (Å²) in [4.78, 5) is 47.5. The zero-order chi connectivity index (χ0) is 34.2. The molecule has 5 rings (SSSR count). The maximum atomic E-state index is 13.9. The number of nitrogens with one attached hydrogen (secondary N) is 3. The molecule has 0 radical (unpaired) electrons. The predicted molar refractivity (Wildman–Crippen MR) is 181 cm³/mol. The third-order valence-electron chi connectivity index (χ3n) is 9.21. The Balaban J connectivity index is 1.93. The number of rotatable bonds is 10. The van der Waals surface area contributed by atoms with E-state index < -0.39 is 11.9 Å². The first-order valence-corrected chi connectivity index (χ1v) is 16.1. The highest BCUT2D eigenvalue weighted by molar-refractivity contribution is 5.82. The maximum Gasteiger partial charge on any atom is 0.303 e. The lowest BCUT2D eigenvalue weighted by Crippen LogP contribution is -2.36. The van der Waals surface area contributed by atoms with Crippen molar-refractivity contribution in [2.24, 2.45) is 11.5 Å². The van der Waals surface area contributed by atoms with Crippen LogP contribution in [0.25, 0.3) is 23.5 Å². The molecule has 1 aliphatic rings. The number of aliphatic carboxylic acids is 2. The predicted octanol–water partition coefficient (Wildman–Crippen LogP) is 2.16. The Kier molecular flexibility index (Phi) is 9.37. The van der Waals surface area contributed by atoms with Crippen LogP contribution in [0.1, 0.15) is 106 Å². The lowest BCUT2D eigenvalue weighted by molar-refractivity contribution is -0.138. The number of hydrogen-bond donors (Lipinski definition) is 7. The fraction of sp³-hybridized carbons (Fsp3) is 0.361. The van der Waals surface area contributed by atoms with Crippen molar-refractivity contribution in [3.8, 4) is 0 Å². The summed E-state index contributed by atoms with van der Waals surface area (Å²) in [6, 6.07) is 3.84. The van der Waals surface area contributed by atoms with Gasteiger partial charge in [-0.2, -0.15) is 0 Å². The number of nitrogens with two attached hydrogens (primary N) is 2. The topological polar surface area (TPSA) is 196 Å². The molecule has 0 amide bonds. The highest BCUT2D eigenvalue weighted by Crippen LogP contribution is 2.23. The Labute approximate surface area is 272 Å². The van der Waals surface area contributed by atoms with Crippen molar-refractivity contribution in [1.29, 1.82) is 0 Å². The van der Waals surface area contributed by atoms with E-state index in [1.165, 1.54) is 0 Å². The Hall–Kier alpha value is -5.19. The summed E-state index contributed by atoms with van der Waals surface area (Å²) in [5.41, 5.74) is 22.3. The number of hydrogen-bond acceptors (Lipinski definition) is 5. The fourth-order valence-corrected chi connectivity index (χ4v) is 6.56. The number of nitrogens with zero attached hydrogens (tertiary/aromatic N) is 1. The van der Waals surface area contributed by atoms with E-state index >= 15 is 0 Å². The third kappa shape index (κ3) is 6.43. The van der Waals surface area contributed by atoms with Gasteiger partial charge < -0.3 is 36.6 Å². The largest absolute Gasteiger partial charge is 0.481 e. The molecule has 0 aromatic carbocycles. The number of carboxylic acids is 2. The van der Waals surface area contributed by atoms with E-state index in [0.717, 1.165) is 58.3 Å². The van der Waals surface area contributed by atoms with Crippen LogP contribution >= 0.6 is 0 Å². The van der Waals surface area contributed by atoms with Crippen LogP contribution in [0.2, 0.25) is 0 Å². The SMILES string of the molecule is CCCCCC(=O)n1c2cc(C)c1=Cc1[nH]c(c(CCC(=O)O)c1C)C=c1[nH]c(c(C)c1CCC(=O)O)=C(N)c1cc(C)c([nH]1)C=2N. The molecule has 8 bridgehead atoms. The molecule has 0 fully saturated rings. The summed E-state index contributed by atoms with van der Waals surface area (Å²) < 4.78 is 1.70. The van der Waals surface area contributed by atoms with Crippen molar-refractivity contribution in [3.05, 3.63) is 89.7 Å². The second kappa shape index (κ2) is 13.3. The maximum absolute atomic E-state index is 13.9. The van der Waals surface area contributed by atoms with Crippen LogP contribution in [0.3, 0.4) is 0 Å². The van der Waals surface area contributed by atoms with Gasteiger partial charge in [-0.15, -0.1) is 0 Å². The second-order valence-corrected chi connectivity index (χ2v) is 12.5. The lowest BCUT2D eigenvalue weighted by Gasteiger charge is -2.08. The molecule has 5 heterocycles. The number of carboxylic acid groups (broad SMARTS) is 2. The number of fused-ring (bicyclic) bond motifs is 8. The van der Waals surface area contributed by atoms with Crippen LogP contribution in [-0.4, -0.2) is 47.6 Å². The molecule has 4 aromatic rings. The zero-order valence-electron chi connectivity index (χ0n) is 27.7. The highest BCUT2D eigenvalue weighted by Gasteiger charge is 2.20. The van der Waals surface area contributed by atoms with Crippen molar-refractivity contribution < 1.29 is 24.6 Å². The van der Waals surface area contributed by atoms with Crippen LogP contribution in [0.5, 0.6) is 0 Å². The number of aryl methyl sites for hydroxylation is 2. The average molecular weight is 641 g/mol. The number of H-pyrrole nitrogens is 3. The molecule has 0 saturated carbocycles. The van der Waals surface area contributed by atoms with Crippen molar-refractivity contribution in [2.45, 2.75) is 86.0 Å². The monoisotopic (exact) mass is 640 g/mol. The van der Waals surface area contributed by atoms with Crippen molar-refractivity contribution in [2.75, 3.05) is 0 Å². The first kappa shape index (κ1) is 33.2. The molecule has 11 nitrogen and oxygen atoms in total. The van der Waals surface area contributed by atoms with Gasteiger partial charge in [-0.3, -0.25) is 19.0 Å². The Morgan fingerprint density at radius 2 is 1.45 bits per heavy atom. The Morgan fingerprint density at radius 1 is 0.766 bits per heavy atom. The molecule has 11 heteroatoms. The van der Waals surface area contributed by atoms with Gasteiger partial charge in [-0.1, -0.05) is 19.8 Å². The summed E-state index contributed by atoms with van der Waals surface area (Å²) in [5.74, 6) is -1.90. The van der Waals surface area contributed by atoms with E-state index in [2.05, 4.69) is 21.9 Å². The summed E-state index contributed by atoms with van der Waals surface area (Å²) in [6.07, 6.45) is 7.26. The third-order valence-corrected chi connectivity index (χ3v) is 9.21. The van der Waals surface area contributed by atoms with Gasteiger partial charge in [0.05, 0.1) is 38.8 Å². The highest BCUT2D eigenvalue weighted by atomic mass is 16.4. The lowest BCUT2D eigenvalue weighted by atomic mass is 10.0. The molecule has 248 valence electrons. The van der Waals surface area contributed by atoms with E-state index in [9.17, 15) is 24.6 Å². The Bertz CT molecular complexity index is 2150. The van der Waals surface area contributed by atoms with Crippen molar-refractivity contribution >= 4 is 41.4 Å². The molecule has 47 heavy (non-hydrogen) atoms. The second-order valence-electron chi connectivity index (χ2n) is 12.5. The summed E-state index contributed by atoms with van der Waals surface area (Å²) in [6.45, 7) is 9.81. The van der Waals surface area contributed by atoms with Gasteiger partial charge in [0.2, 0.25) is 5.91 Å². The first-order chi connectivity index (χ1) is 22.3. The zero-order valence-corrected chi connectivity index (χ0v) is 27.7. The van der Waals surface area contributed by atoms with E-state index in [4.69, 9.17) is 11.5 Å². The smallest absolute Gasteiger partial charge is 0.303 e. The van der Waals surface area contributed by atoms with Gasteiger partial charge in [-0.05, 0) is 105 Å². The fourth-order valence-electron chi connectivity index (χ4n) is 6.56. The normalized spacial score (nSPS) is 12.6. The number of carbonyl (C=O) groups excluding carboxylic acids is 1. The van der Waals surface area contributed by atoms with Crippen LogP contribution in [-0.2, 0) is 22.4 Å². The van der Waals surface area contributed by atoms with Crippen LogP contribution in [0.4, 0.5) is 0 Å². The molecule has 9 N–H and O–H groups in total. The number of carbonyl (C=O) groups is 3. The number of aromatic amines is 3. The minimum absolute atomic E-state index is 0.0641. The summed E-state index contributed by atoms with van der Waals surface area (Å²) in [7, 11) is 0. The van der Waals surface area contributed by atoms with Gasteiger partial charge >= 0.3 is 11.9 Å². The van der Waals surface area contributed by atoms with Crippen molar-refractivity contribution in [3.63, 3.8) is 0 Å². The van der Waals surface area contributed by atoms with E-state index in [0.29, 0.717) is 56.3 Å². The quantitative estimate of drug-likeness (QED) is 0.129. The summed E-state index contributed by atoms with van der Waals surface area (Å²) in [5, 5.41) is 21.7. The first-order valence-electron chi connectivity index (χ1n) is 16.1. The van der Waals surface area contributed by atoms with Gasteiger partial charge in [-0.25, -0.2) is 0 Å². The van der Waals surface area contributed by atoms with Crippen molar-refractivity contribution in [1.82, 2.24) is 19.5 Å². The molecule has 4 aromatic heterocycles. The van der Waals surface area contributed by atoms with E-state index in [1.54, 1.807) is 4.57 Å². The van der Waals surface area contributed by atoms with Gasteiger partial charge in [0.25, 0.3) is 0 Å². The van der Waals surface area contributed by atoms with Crippen LogP contribution in [0, 0.1) is 27.7 Å². The molecule has 0 aliphatic carbocycles. The van der Waals surface area contributed by atoms with E-state index in [1.807, 2.05) is 52.0 Å². The number of unbranched alkanes of at least 4 members (excludes halogenated alkanes) is 2. The molecule has 0 atom stereocenters. The minimum Gasteiger partial charge on any atom is -0.481 e. The molecular formula is C36H44N6O5. The molecule has 0 unspecified atom stereocenters. The Morgan fingerprint density at radius 3 is 2.11 bits per heavy atom. The molecule has 0 spiro atoms. The van der Waals surface area contributed by atoms with Crippen LogP contribution in [0.15, 0.2) is 12.1 Å². The minimum atomic E-state index is -0.916. The molecule has 0 saturated heterocycles. The van der Waals surface area contributed by atoms with Gasteiger partial charge in [0.15, 0.2) is 0 Å². The number of aromatic nitrogens is 4. The van der Waals surface area contributed by atoms with Gasteiger partial charge in [0.1, 0.15) is 0 Å². The average Bonchev–Trinajstić information content (AvgIpc) is 3.73. The standard InChI is InChI=1S/C36H44N6O5/c1-6-7-8-9-30(43)42-28-17-24-20(4)22(10-12-31(44)45)25(39-24)16-26-23(11-13-32(46)47)21(5)36(40-26)33(37)27-14-19(3)35(41-27)34(38)29(42)15-18(28)2/h14-17,39-41H,6-13,37-38H2,1-5H3,(H,44,45)(H,46,47). The van der Waals surface area contributed by atoms with Gasteiger partial charge in [0, 0.05) is 36.0 Å². The van der Waals surface area contributed by atoms with Crippen LogP contribution < -0.4 is 32.9 Å². The molecule has 1 aliphatic heterocycles. The molecular weight excluding hydrogens is 596 g/mol. The summed E-state index contributed by atoms with van der Waals surface area (Å²) >= 11 is 0. The van der Waals surface area contributed by atoms with E-state index in [-0.39, 0.29) is 31.6 Å².